The standard InChI is InChI=1S/C20H19NO2S/c1-20(23,18-13-16-9-5-6-10-17(16)24-18)14-21-19(22)12-11-15-7-3-2-4-8-15/h2-13,23H,14H2,1H3,(H,21,22). The van der Waals surface area contributed by atoms with Crippen molar-refractivity contribution in [3.05, 3.63) is 77.2 Å². The molecule has 0 fully saturated rings. The lowest BCUT2D eigenvalue weighted by Gasteiger charge is -2.21. The summed E-state index contributed by atoms with van der Waals surface area (Å²) in [5.74, 6) is -0.222. The van der Waals surface area contributed by atoms with Gasteiger partial charge in [-0.1, -0.05) is 48.5 Å². The molecule has 0 aliphatic carbocycles. The topological polar surface area (TPSA) is 49.3 Å². The van der Waals surface area contributed by atoms with Gasteiger partial charge in [0, 0.05) is 15.7 Å². The fourth-order valence-electron chi connectivity index (χ4n) is 2.39. The van der Waals surface area contributed by atoms with Crippen molar-refractivity contribution in [1.82, 2.24) is 5.32 Å². The third-order valence-electron chi connectivity index (χ3n) is 3.79. The zero-order chi connectivity index (χ0) is 17.0. The van der Waals surface area contributed by atoms with Gasteiger partial charge < -0.3 is 10.4 Å². The first-order valence-electron chi connectivity index (χ1n) is 7.77. The molecule has 122 valence electrons. The molecule has 0 bridgehead atoms. The van der Waals surface area contributed by atoms with E-state index in [1.807, 2.05) is 60.7 Å². The Morgan fingerprint density at radius 3 is 2.62 bits per heavy atom. The van der Waals surface area contributed by atoms with E-state index in [0.717, 1.165) is 20.5 Å². The molecule has 2 N–H and O–H groups in total. The minimum atomic E-state index is -1.10. The highest BCUT2D eigenvalue weighted by Gasteiger charge is 2.25. The molecule has 4 heteroatoms. The Kier molecular flexibility index (Phi) is 4.79. The summed E-state index contributed by atoms with van der Waals surface area (Å²) in [5.41, 5.74) is -0.135. The summed E-state index contributed by atoms with van der Waals surface area (Å²) in [6.07, 6.45) is 3.24. The smallest absolute Gasteiger partial charge is 0.244 e. The number of hydrogen-bond acceptors (Lipinski definition) is 3. The summed E-state index contributed by atoms with van der Waals surface area (Å²) in [5, 5.41) is 14.6. The average Bonchev–Trinajstić information content (AvgIpc) is 3.04. The molecular formula is C20H19NO2S. The van der Waals surface area contributed by atoms with Crippen LogP contribution in [0.5, 0.6) is 0 Å². The molecule has 0 saturated heterocycles. The minimum Gasteiger partial charge on any atom is -0.383 e. The van der Waals surface area contributed by atoms with Gasteiger partial charge in [0.15, 0.2) is 0 Å². The third kappa shape index (κ3) is 3.91. The Balaban J connectivity index is 1.64. The van der Waals surface area contributed by atoms with Gasteiger partial charge >= 0.3 is 0 Å². The van der Waals surface area contributed by atoms with Crippen molar-refractivity contribution < 1.29 is 9.90 Å². The predicted molar refractivity (Wildman–Crippen MR) is 99.9 cm³/mol. The van der Waals surface area contributed by atoms with E-state index >= 15 is 0 Å². The minimum absolute atomic E-state index is 0.164. The molecule has 0 saturated carbocycles. The highest BCUT2D eigenvalue weighted by molar-refractivity contribution is 7.19. The van der Waals surface area contributed by atoms with Crippen molar-refractivity contribution in [2.45, 2.75) is 12.5 Å². The fraction of sp³-hybridized carbons (Fsp3) is 0.150. The van der Waals surface area contributed by atoms with Crippen LogP contribution in [0.2, 0.25) is 0 Å². The second kappa shape index (κ2) is 6.99. The van der Waals surface area contributed by atoms with Gasteiger partial charge in [-0.05, 0) is 36.1 Å². The Bertz CT molecular complexity index is 832. The van der Waals surface area contributed by atoms with Crippen molar-refractivity contribution in [1.29, 1.82) is 0 Å². The lowest BCUT2D eigenvalue weighted by Crippen LogP contribution is -2.37. The molecule has 0 spiro atoms. The number of benzene rings is 2. The monoisotopic (exact) mass is 337 g/mol. The zero-order valence-electron chi connectivity index (χ0n) is 13.4. The van der Waals surface area contributed by atoms with E-state index in [0.29, 0.717) is 0 Å². The lowest BCUT2D eigenvalue weighted by molar-refractivity contribution is -0.117. The lowest BCUT2D eigenvalue weighted by atomic mass is 10.0. The summed E-state index contributed by atoms with van der Waals surface area (Å²) in [6.45, 7) is 1.89. The first-order valence-corrected chi connectivity index (χ1v) is 8.59. The van der Waals surface area contributed by atoms with E-state index in [4.69, 9.17) is 0 Å². The van der Waals surface area contributed by atoms with Crippen LogP contribution in [-0.2, 0) is 10.4 Å². The summed E-state index contributed by atoms with van der Waals surface area (Å²) in [6, 6.07) is 19.6. The van der Waals surface area contributed by atoms with Gasteiger partial charge in [0.1, 0.15) is 5.60 Å². The van der Waals surface area contributed by atoms with Gasteiger partial charge in [0.25, 0.3) is 0 Å². The van der Waals surface area contributed by atoms with E-state index in [-0.39, 0.29) is 12.5 Å². The van der Waals surface area contributed by atoms with E-state index in [1.54, 1.807) is 24.3 Å². The number of hydrogen-bond donors (Lipinski definition) is 2. The van der Waals surface area contributed by atoms with Gasteiger partial charge in [-0.15, -0.1) is 11.3 Å². The molecule has 1 aromatic heterocycles. The molecule has 1 amide bonds. The molecule has 1 heterocycles. The molecule has 0 aliphatic rings. The number of rotatable bonds is 5. The van der Waals surface area contributed by atoms with Crippen molar-refractivity contribution in [3.8, 4) is 0 Å². The molecule has 3 aromatic rings. The molecule has 1 unspecified atom stereocenters. The van der Waals surface area contributed by atoms with Crippen molar-refractivity contribution in [2.24, 2.45) is 0 Å². The van der Waals surface area contributed by atoms with Crippen LogP contribution >= 0.6 is 11.3 Å². The highest BCUT2D eigenvalue weighted by atomic mass is 32.1. The molecule has 3 nitrogen and oxygen atoms in total. The Morgan fingerprint density at radius 1 is 1.17 bits per heavy atom. The van der Waals surface area contributed by atoms with Gasteiger partial charge in [0.05, 0.1) is 6.54 Å². The van der Waals surface area contributed by atoms with Crippen LogP contribution in [-0.4, -0.2) is 17.6 Å². The van der Waals surface area contributed by atoms with Gasteiger partial charge in [-0.2, -0.15) is 0 Å². The Labute approximate surface area is 145 Å². The summed E-state index contributed by atoms with van der Waals surface area (Å²) in [7, 11) is 0. The maximum Gasteiger partial charge on any atom is 0.244 e. The second-order valence-corrected chi connectivity index (χ2v) is 6.97. The first-order chi connectivity index (χ1) is 11.5. The van der Waals surface area contributed by atoms with Crippen molar-refractivity contribution in [2.75, 3.05) is 6.54 Å². The zero-order valence-corrected chi connectivity index (χ0v) is 14.2. The number of carbonyl (C=O) groups excluding carboxylic acids is 1. The number of amides is 1. The maximum absolute atomic E-state index is 12.0. The predicted octanol–water partition coefficient (Wildman–Crippen LogP) is 3.94. The van der Waals surface area contributed by atoms with Crippen molar-refractivity contribution >= 4 is 33.4 Å². The quantitative estimate of drug-likeness (QED) is 0.693. The number of thiophene rings is 1. The first kappa shape index (κ1) is 16.4. The SMILES string of the molecule is CC(O)(CNC(=O)C=Cc1ccccc1)c1cc2ccccc2s1. The van der Waals surface area contributed by atoms with Gasteiger partial charge in [-0.3, -0.25) is 4.79 Å². The van der Waals surface area contributed by atoms with Crippen LogP contribution in [0.4, 0.5) is 0 Å². The molecule has 3 rings (SSSR count). The summed E-state index contributed by atoms with van der Waals surface area (Å²) >= 11 is 1.55. The van der Waals surface area contributed by atoms with Gasteiger partial charge in [-0.25, -0.2) is 0 Å². The normalized spacial score (nSPS) is 13.9. The van der Waals surface area contributed by atoms with E-state index in [9.17, 15) is 9.90 Å². The van der Waals surface area contributed by atoms with Crippen LogP contribution in [0.25, 0.3) is 16.2 Å². The Morgan fingerprint density at radius 2 is 1.88 bits per heavy atom. The molecule has 1 atom stereocenters. The molecule has 24 heavy (non-hydrogen) atoms. The average molecular weight is 337 g/mol. The third-order valence-corrected chi connectivity index (χ3v) is 5.16. The van der Waals surface area contributed by atoms with Crippen LogP contribution in [0.3, 0.4) is 0 Å². The maximum atomic E-state index is 12.0. The van der Waals surface area contributed by atoms with Crippen LogP contribution in [0.15, 0.2) is 66.7 Å². The van der Waals surface area contributed by atoms with E-state index < -0.39 is 5.60 Å². The van der Waals surface area contributed by atoms with E-state index in [2.05, 4.69) is 5.32 Å². The molecule has 2 aromatic carbocycles. The van der Waals surface area contributed by atoms with E-state index in [1.165, 1.54) is 6.08 Å². The number of fused-ring (bicyclic) bond motifs is 1. The molecule has 0 radical (unpaired) electrons. The number of nitrogens with one attached hydrogen (secondary N) is 1. The Hall–Kier alpha value is -2.43. The van der Waals surface area contributed by atoms with Crippen LogP contribution in [0, 0.1) is 0 Å². The number of carbonyl (C=O) groups is 1. The largest absolute Gasteiger partial charge is 0.383 e. The second-order valence-electron chi connectivity index (χ2n) is 5.88. The van der Waals surface area contributed by atoms with Crippen LogP contribution in [0.1, 0.15) is 17.4 Å². The highest BCUT2D eigenvalue weighted by Crippen LogP contribution is 2.32. The molecule has 0 aliphatic heterocycles. The molecular weight excluding hydrogens is 318 g/mol. The summed E-state index contributed by atoms with van der Waals surface area (Å²) < 4.78 is 1.13. The van der Waals surface area contributed by atoms with Crippen LogP contribution < -0.4 is 5.32 Å². The van der Waals surface area contributed by atoms with Crippen molar-refractivity contribution in [3.63, 3.8) is 0 Å². The van der Waals surface area contributed by atoms with Gasteiger partial charge in [0.2, 0.25) is 5.91 Å². The number of aliphatic hydroxyl groups is 1. The summed E-state index contributed by atoms with van der Waals surface area (Å²) in [4.78, 5) is 12.8. The fourth-order valence-corrected chi connectivity index (χ4v) is 3.49.